The molecule has 0 radical (unpaired) electrons. The van der Waals surface area contributed by atoms with Gasteiger partial charge in [-0.05, 0) is 6.92 Å². The largest absolute Gasteiger partial charge is 0.480 e. The highest BCUT2D eigenvalue weighted by Crippen LogP contribution is 2.13. The number of aliphatic carboxylic acids is 3. The SMILES string of the molecule is CC(O)SCC(C(=O)O)N(CC(=O)O)CC(=O)O. The van der Waals surface area contributed by atoms with Gasteiger partial charge in [-0.2, -0.15) is 0 Å². The summed E-state index contributed by atoms with van der Waals surface area (Å²) >= 11 is 0.897. The minimum atomic E-state index is -1.33. The van der Waals surface area contributed by atoms with Crippen LogP contribution in [0.2, 0.25) is 0 Å². The molecular weight excluding hydrogens is 266 g/mol. The summed E-state index contributed by atoms with van der Waals surface area (Å²) in [5.74, 6) is -4.06. The Bertz CT molecular complexity index is 304. The van der Waals surface area contributed by atoms with Gasteiger partial charge in [-0.25, -0.2) is 0 Å². The second kappa shape index (κ2) is 7.90. The van der Waals surface area contributed by atoms with Crippen LogP contribution in [0.15, 0.2) is 0 Å². The highest BCUT2D eigenvalue weighted by atomic mass is 32.2. The second-order valence-corrected chi connectivity index (χ2v) is 4.83. The Hall–Kier alpha value is -1.32. The summed E-state index contributed by atoms with van der Waals surface area (Å²) in [6.07, 6.45) is 0. The van der Waals surface area contributed by atoms with Gasteiger partial charge in [0.05, 0.1) is 18.5 Å². The number of hydrogen-bond acceptors (Lipinski definition) is 6. The van der Waals surface area contributed by atoms with Crippen LogP contribution in [-0.2, 0) is 14.4 Å². The molecule has 0 aromatic rings. The van der Waals surface area contributed by atoms with Gasteiger partial charge in [-0.1, -0.05) is 0 Å². The van der Waals surface area contributed by atoms with Crippen molar-refractivity contribution in [2.75, 3.05) is 18.8 Å². The number of carboxylic acid groups (broad SMARTS) is 3. The average Bonchev–Trinajstić information content (AvgIpc) is 2.14. The number of carbonyl (C=O) groups is 3. The molecule has 0 aliphatic heterocycles. The lowest BCUT2D eigenvalue weighted by molar-refractivity contribution is -0.148. The van der Waals surface area contributed by atoms with E-state index in [2.05, 4.69) is 0 Å². The molecule has 18 heavy (non-hydrogen) atoms. The van der Waals surface area contributed by atoms with E-state index in [4.69, 9.17) is 20.4 Å². The van der Waals surface area contributed by atoms with Gasteiger partial charge in [-0.3, -0.25) is 19.3 Å². The first-order valence-electron chi connectivity index (χ1n) is 4.94. The predicted molar refractivity (Wildman–Crippen MR) is 62.4 cm³/mol. The summed E-state index contributed by atoms with van der Waals surface area (Å²) in [5, 5.41) is 35.2. The number of hydrogen-bond donors (Lipinski definition) is 4. The molecule has 0 saturated heterocycles. The van der Waals surface area contributed by atoms with Crippen LogP contribution < -0.4 is 0 Å². The van der Waals surface area contributed by atoms with Crippen molar-refractivity contribution in [3.8, 4) is 0 Å². The molecule has 4 N–H and O–H groups in total. The van der Waals surface area contributed by atoms with Crippen LogP contribution in [0.3, 0.4) is 0 Å². The Kier molecular flexibility index (Phi) is 7.32. The lowest BCUT2D eigenvalue weighted by Gasteiger charge is -2.25. The maximum atomic E-state index is 11.0. The van der Waals surface area contributed by atoms with Crippen molar-refractivity contribution in [2.24, 2.45) is 0 Å². The molecule has 0 bridgehead atoms. The first-order valence-corrected chi connectivity index (χ1v) is 5.99. The molecule has 0 heterocycles. The third kappa shape index (κ3) is 7.09. The van der Waals surface area contributed by atoms with E-state index in [-0.39, 0.29) is 5.75 Å². The summed E-state index contributed by atoms with van der Waals surface area (Å²) in [4.78, 5) is 33.0. The summed E-state index contributed by atoms with van der Waals surface area (Å²) in [5.41, 5.74) is -0.816. The van der Waals surface area contributed by atoms with Gasteiger partial charge in [-0.15, -0.1) is 11.8 Å². The molecule has 9 heteroatoms. The van der Waals surface area contributed by atoms with Crippen LogP contribution in [0.1, 0.15) is 6.92 Å². The van der Waals surface area contributed by atoms with E-state index in [1.807, 2.05) is 0 Å². The van der Waals surface area contributed by atoms with Gasteiger partial charge < -0.3 is 20.4 Å². The maximum Gasteiger partial charge on any atom is 0.321 e. The van der Waals surface area contributed by atoms with E-state index in [1.165, 1.54) is 6.92 Å². The number of aliphatic hydroxyl groups excluding tert-OH is 1. The Labute approximate surface area is 107 Å². The molecule has 0 spiro atoms. The van der Waals surface area contributed by atoms with Gasteiger partial charge in [0.1, 0.15) is 6.04 Å². The fourth-order valence-electron chi connectivity index (χ4n) is 1.19. The van der Waals surface area contributed by atoms with Crippen molar-refractivity contribution in [2.45, 2.75) is 18.4 Å². The molecule has 2 atom stereocenters. The number of carboxylic acids is 3. The van der Waals surface area contributed by atoms with Gasteiger partial charge in [0.2, 0.25) is 0 Å². The summed E-state index contributed by atoms with van der Waals surface area (Å²) in [7, 11) is 0. The summed E-state index contributed by atoms with van der Waals surface area (Å²) in [6.45, 7) is 0.0512. The number of rotatable bonds is 9. The monoisotopic (exact) mass is 281 g/mol. The molecule has 2 unspecified atom stereocenters. The summed E-state index contributed by atoms with van der Waals surface area (Å²) in [6, 6.07) is -1.28. The molecule has 0 saturated carbocycles. The Morgan fingerprint density at radius 1 is 1.11 bits per heavy atom. The first kappa shape index (κ1) is 16.7. The van der Waals surface area contributed by atoms with Crippen LogP contribution in [0.5, 0.6) is 0 Å². The minimum Gasteiger partial charge on any atom is -0.480 e. The molecule has 0 rings (SSSR count). The molecule has 0 fully saturated rings. The van der Waals surface area contributed by atoms with Gasteiger partial charge in [0.15, 0.2) is 0 Å². The van der Waals surface area contributed by atoms with Crippen molar-refractivity contribution in [3.63, 3.8) is 0 Å². The third-order valence-corrected chi connectivity index (χ3v) is 2.89. The molecule has 0 aliphatic carbocycles. The minimum absolute atomic E-state index is 0.104. The van der Waals surface area contributed by atoms with Crippen LogP contribution in [-0.4, -0.2) is 73.6 Å². The van der Waals surface area contributed by atoms with Crippen LogP contribution >= 0.6 is 11.8 Å². The topological polar surface area (TPSA) is 135 Å². The van der Waals surface area contributed by atoms with Crippen molar-refractivity contribution in [3.05, 3.63) is 0 Å². The predicted octanol–water partition coefficient (Wildman–Crippen LogP) is -1.02. The molecule has 8 nitrogen and oxygen atoms in total. The quantitative estimate of drug-likeness (QED) is 0.391. The van der Waals surface area contributed by atoms with E-state index in [9.17, 15) is 14.4 Å². The summed E-state index contributed by atoms with van der Waals surface area (Å²) < 4.78 is 0. The molecule has 0 aromatic carbocycles. The molecular formula is C9H15NO7S. The Morgan fingerprint density at radius 2 is 1.56 bits per heavy atom. The van der Waals surface area contributed by atoms with Gasteiger partial charge in [0, 0.05) is 5.75 Å². The smallest absolute Gasteiger partial charge is 0.321 e. The van der Waals surface area contributed by atoms with Crippen molar-refractivity contribution in [1.82, 2.24) is 4.90 Å². The normalized spacial score (nSPS) is 14.2. The maximum absolute atomic E-state index is 11.0. The fourth-order valence-corrected chi connectivity index (χ4v) is 2.00. The van der Waals surface area contributed by atoms with Crippen LogP contribution in [0.25, 0.3) is 0 Å². The molecule has 0 aliphatic rings. The average molecular weight is 281 g/mol. The number of aliphatic hydroxyl groups is 1. The van der Waals surface area contributed by atoms with E-state index >= 15 is 0 Å². The Morgan fingerprint density at radius 3 is 1.83 bits per heavy atom. The zero-order chi connectivity index (χ0) is 14.3. The molecule has 104 valence electrons. The third-order valence-electron chi connectivity index (χ3n) is 1.90. The lowest BCUT2D eigenvalue weighted by Crippen LogP contribution is -2.48. The highest BCUT2D eigenvalue weighted by molar-refractivity contribution is 7.99. The zero-order valence-corrected chi connectivity index (χ0v) is 10.5. The molecule has 0 aromatic heterocycles. The lowest BCUT2D eigenvalue weighted by atomic mass is 10.2. The van der Waals surface area contributed by atoms with Gasteiger partial charge >= 0.3 is 17.9 Å². The van der Waals surface area contributed by atoms with Gasteiger partial charge in [0.25, 0.3) is 0 Å². The van der Waals surface area contributed by atoms with Crippen molar-refractivity contribution in [1.29, 1.82) is 0 Å². The van der Waals surface area contributed by atoms with Crippen LogP contribution in [0, 0.1) is 0 Å². The van der Waals surface area contributed by atoms with Crippen LogP contribution in [0.4, 0.5) is 0 Å². The number of thioether (sulfide) groups is 1. The van der Waals surface area contributed by atoms with Crippen molar-refractivity contribution >= 4 is 29.7 Å². The first-order chi connectivity index (χ1) is 8.23. The van der Waals surface area contributed by atoms with E-state index < -0.39 is 42.5 Å². The zero-order valence-electron chi connectivity index (χ0n) is 9.65. The second-order valence-electron chi connectivity index (χ2n) is 3.48. The highest BCUT2D eigenvalue weighted by Gasteiger charge is 2.29. The Balaban J connectivity index is 4.78. The van der Waals surface area contributed by atoms with E-state index in [0.29, 0.717) is 0 Å². The number of nitrogens with zero attached hydrogens (tertiary/aromatic N) is 1. The molecule has 0 amide bonds. The van der Waals surface area contributed by atoms with E-state index in [0.717, 1.165) is 16.7 Å². The fraction of sp³-hybridized carbons (Fsp3) is 0.667. The standard InChI is InChI=1S/C9H15NO7S/c1-5(11)18-4-6(9(16)17)10(2-7(12)13)3-8(14)15/h5-6,11H,2-4H2,1H3,(H,12,13)(H,14,15)(H,16,17). The van der Waals surface area contributed by atoms with E-state index in [1.54, 1.807) is 0 Å². The van der Waals surface area contributed by atoms with Crippen molar-refractivity contribution < 1.29 is 34.8 Å².